The number of hydrogen-bond donors (Lipinski definition) is 1. The topological polar surface area (TPSA) is 34.4 Å². The molecule has 3 nitrogen and oxygen atoms in total. The van der Waals surface area contributed by atoms with E-state index < -0.39 is 0 Å². The van der Waals surface area contributed by atoms with E-state index in [9.17, 15) is 5.11 Å². The summed E-state index contributed by atoms with van der Waals surface area (Å²) in [6, 6.07) is 21.7. The van der Waals surface area contributed by atoms with E-state index in [1.807, 2.05) is 36.4 Å². The summed E-state index contributed by atoms with van der Waals surface area (Å²) in [5.74, 6) is 1.07. The maximum atomic E-state index is 9.86. The van der Waals surface area contributed by atoms with Gasteiger partial charge in [0, 0.05) is 16.5 Å². The lowest BCUT2D eigenvalue weighted by Gasteiger charge is -2.07. The SMILES string of the molecule is COc1ccc2c(c1)c1cc(O)ccc1n2-c1ccccc1. The molecule has 0 fully saturated rings. The second-order valence-electron chi connectivity index (χ2n) is 5.26. The second-order valence-corrected chi connectivity index (χ2v) is 5.26. The predicted molar refractivity (Wildman–Crippen MR) is 89.0 cm³/mol. The van der Waals surface area contributed by atoms with Crippen molar-refractivity contribution >= 4 is 21.8 Å². The smallest absolute Gasteiger partial charge is 0.119 e. The normalized spacial score (nSPS) is 11.1. The van der Waals surface area contributed by atoms with Crippen molar-refractivity contribution in [1.29, 1.82) is 0 Å². The molecule has 0 saturated carbocycles. The van der Waals surface area contributed by atoms with Crippen molar-refractivity contribution in [3.8, 4) is 17.2 Å². The van der Waals surface area contributed by atoms with Gasteiger partial charge in [0.25, 0.3) is 0 Å². The Hall–Kier alpha value is -2.94. The van der Waals surface area contributed by atoms with Crippen molar-refractivity contribution in [2.45, 2.75) is 0 Å². The molecule has 1 heterocycles. The largest absolute Gasteiger partial charge is 0.508 e. The van der Waals surface area contributed by atoms with Crippen LogP contribution in [0.1, 0.15) is 0 Å². The minimum absolute atomic E-state index is 0.266. The van der Waals surface area contributed by atoms with Crippen LogP contribution in [0.5, 0.6) is 11.5 Å². The van der Waals surface area contributed by atoms with E-state index in [-0.39, 0.29) is 5.75 Å². The van der Waals surface area contributed by atoms with Gasteiger partial charge in [-0.2, -0.15) is 0 Å². The van der Waals surface area contributed by atoms with Gasteiger partial charge in [0.05, 0.1) is 18.1 Å². The molecule has 0 radical (unpaired) electrons. The van der Waals surface area contributed by atoms with Crippen LogP contribution in [0.15, 0.2) is 66.7 Å². The molecule has 0 bridgehead atoms. The molecule has 22 heavy (non-hydrogen) atoms. The fourth-order valence-corrected chi connectivity index (χ4v) is 2.97. The Morgan fingerprint density at radius 3 is 2.23 bits per heavy atom. The summed E-state index contributed by atoms with van der Waals surface area (Å²) in [7, 11) is 1.66. The van der Waals surface area contributed by atoms with Gasteiger partial charge in [-0.05, 0) is 48.5 Å². The molecule has 0 aliphatic carbocycles. The van der Waals surface area contributed by atoms with Gasteiger partial charge in [-0.3, -0.25) is 0 Å². The van der Waals surface area contributed by atoms with Gasteiger partial charge in [0.1, 0.15) is 11.5 Å². The third kappa shape index (κ3) is 1.83. The summed E-state index contributed by atoms with van der Waals surface area (Å²) in [5, 5.41) is 11.9. The molecule has 0 saturated heterocycles. The molecule has 4 rings (SSSR count). The molecule has 0 spiro atoms. The molecule has 4 aromatic rings. The fraction of sp³-hybridized carbons (Fsp3) is 0.0526. The Morgan fingerprint density at radius 1 is 0.818 bits per heavy atom. The van der Waals surface area contributed by atoms with Gasteiger partial charge in [-0.1, -0.05) is 18.2 Å². The lowest BCUT2D eigenvalue weighted by atomic mass is 10.1. The molecule has 0 unspecified atom stereocenters. The van der Waals surface area contributed by atoms with Crippen molar-refractivity contribution < 1.29 is 9.84 Å². The maximum absolute atomic E-state index is 9.86. The van der Waals surface area contributed by atoms with E-state index in [0.29, 0.717) is 0 Å². The number of methoxy groups -OCH3 is 1. The summed E-state index contributed by atoms with van der Waals surface area (Å²) >= 11 is 0. The molecule has 0 atom stereocenters. The standard InChI is InChI=1S/C19H15NO2/c1-22-15-8-10-19-17(12-15)16-11-14(21)7-9-18(16)20(19)13-5-3-2-4-6-13/h2-12,21H,1H3. The zero-order valence-electron chi connectivity index (χ0n) is 12.2. The van der Waals surface area contributed by atoms with Crippen molar-refractivity contribution in [1.82, 2.24) is 4.57 Å². The Bertz CT molecular complexity index is 971. The van der Waals surface area contributed by atoms with Gasteiger partial charge in [0.15, 0.2) is 0 Å². The number of ether oxygens (including phenoxy) is 1. The highest BCUT2D eigenvalue weighted by molar-refractivity contribution is 6.10. The number of fused-ring (bicyclic) bond motifs is 3. The molecule has 3 aromatic carbocycles. The van der Waals surface area contributed by atoms with E-state index >= 15 is 0 Å². The van der Waals surface area contributed by atoms with Crippen LogP contribution in [0.3, 0.4) is 0 Å². The zero-order valence-corrected chi connectivity index (χ0v) is 12.2. The molecule has 1 aromatic heterocycles. The first-order chi connectivity index (χ1) is 10.8. The van der Waals surface area contributed by atoms with Gasteiger partial charge in [0.2, 0.25) is 0 Å². The van der Waals surface area contributed by atoms with Crippen LogP contribution in [0.2, 0.25) is 0 Å². The van der Waals surface area contributed by atoms with Crippen LogP contribution in [-0.2, 0) is 0 Å². The maximum Gasteiger partial charge on any atom is 0.119 e. The van der Waals surface area contributed by atoms with Crippen LogP contribution in [0, 0.1) is 0 Å². The number of rotatable bonds is 2. The fourth-order valence-electron chi connectivity index (χ4n) is 2.97. The van der Waals surface area contributed by atoms with Crippen LogP contribution in [0.4, 0.5) is 0 Å². The minimum atomic E-state index is 0.266. The van der Waals surface area contributed by atoms with E-state index in [2.05, 4.69) is 22.8 Å². The highest BCUT2D eigenvalue weighted by Crippen LogP contribution is 2.35. The van der Waals surface area contributed by atoms with Crippen LogP contribution >= 0.6 is 0 Å². The quantitative estimate of drug-likeness (QED) is 0.589. The average molecular weight is 289 g/mol. The predicted octanol–water partition coefficient (Wildman–Crippen LogP) is 4.50. The summed E-state index contributed by atoms with van der Waals surface area (Å²) in [5.41, 5.74) is 3.25. The van der Waals surface area contributed by atoms with Crippen molar-refractivity contribution in [3.63, 3.8) is 0 Å². The Labute approximate surface area is 128 Å². The van der Waals surface area contributed by atoms with E-state index in [4.69, 9.17) is 4.74 Å². The minimum Gasteiger partial charge on any atom is -0.508 e. The molecule has 0 amide bonds. The Morgan fingerprint density at radius 2 is 1.50 bits per heavy atom. The number of hydrogen-bond acceptors (Lipinski definition) is 2. The van der Waals surface area contributed by atoms with Crippen molar-refractivity contribution in [2.75, 3.05) is 7.11 Å². The summed E-state index contributed by atoms with van der Waals surface area (Å²) in [6.45, 7) is 0. The third-order valence-corrected chi connectivity index (χ3v) is 3.97. The molecule has 3 heteroatoms. The zero-order chi connectivity index (χ0) is 15.1. The lowest BCUT2D eigenvalue weighted by Crippen LogP contribution is -1.92. The van der Waals surface area contributed by atoms with Crippen LogP contribution in [-0.4, -0.2) is 16.8 Å². The summed E-state index contributed by atoms with van der Waals surface area (Å²) in [4.78, 5) is 0. The van der Waals surface area contributed by atoms with Crippen molar-refractivity contribution in [3.05, 3.63) is 66.7 Å². The monoisotopic (exact) mass is 289 g/mol. The Kier molecular flexibility index (Phi) is 2.79. The molecule has 0 aliphatic rings. The molecular formula is C19H15NO2. The Balaban J connectivity index is 2.18. The number of phenolic OH excluding ortho intramolecular Hbond substituents is 1. The summed E-state index contributed by atoms with van der Waals surface area (Å²) < 4.78 is 7.54. The van der Waals surface area contributed by atoms with Crippen molar-refractivity contribution in [2.24, 2.45) is 0 Å². The average Bonchev–Trinajstić information content (AvgIpc) is 2.88. The highest BCUT2D eigenvalue weighted by Gasteiger charge is 2.13. The van der Waals surface area contributed by atoms with E-state index in [0.717, 1.165) is 33.2 Å². The number of para-hydroxylation sites is 1. The van der Waals surface area contributed by atoms with E-state index in [1.165, 1.54) is 0 Å². The summed E-state index contributed by atoms with van der Waals surface area (Å²) in [6.07, 6.45) is 0. The molecule has 1 N–H and O–H groups in total. The number of phenols is 1. The first kappa shape index (κ1) is 12.8. The third-order valence-electron chi connectivity index (χ3n) is 3.97. The van der Waals surface area contributed by atoms with Crippen LogP contribution in [0.25, 0.3) is 27.5 Å². The highest BCUT2D eigenvalue weighted by atomic mass is 16.5. The first-order valence-corrected chi connectivity index (χ1v) is 7.14. The van der Waals surface area contributed by atoms with E-state index in [1.54, 1.807) is 19.2 Å². The number of aromatic hydroxyl groups is 1. The first-order valence-electron chi connectivity index (χ1n) is 7.14. The number of aromatic nitrogens is 1. The number of benzene rings is 3. The van der Waals surface area contributed by atoms with Crippen LogP contribution < -0.4 is 4.74 Å². The molecular weight excluding hydrogens is 274 g/mol. The molecule has 0 aliphatic heterocycles. The van der Waals surface area contributed by atoms with Gasteiger partial charge < -0.3 is 14.4 Å². The van der Waals surface area contributed by atoms with Gasteiger partial charge in [-0.25, -0.2) is 0 Å². The lowest BCUT2D eigenvalue weighted by molar-refractivity contribution is 0.415. The second kappa shape index (κ2) is 4.81. The number of nitrogens with zero attached hydrogens (tertiary/aromatic N) is 1. The van der Waals surface area contributed by atoms with Gasteiger partial charge >= 0.3 is 0 Å². The molecule has 108 valence electrons. The van der Waals surface area contributed by atoms with Gasteiger partial charge in [-0.15, -0.1) is 0 Å².